The zero-order valence-electron chi connectivity index (χ0n) is 15.0. The van der Waals surface area contributed by atoms with Crippen LogP contribution in [-0.2, 0) is 13.1 Å². The molecule has 0 bridgehead atoms. The second-order valence-electron chi connectivity index (χ2n) is 6.42. The Kier molecular flexibility index (Phi) is 4.61. The van der Waals surface area contributed by atoms with E-state index in [1.165, 1.54) is 6.33 Å². The van der Waals surface area contributed by atoms with E-state index in [1.807, 2.05) is 55.5 Å². The summed E-state index contributed by atoms with van der Waals surface area (Å²) in [5.41, 5.74) is 4.46. The number of carbonyl (C=O) groups is 1. The Labute approximate surface area is 156 Å². The van der Waals surface area contributed by atoms with Gasteiger partial charge < -0.3 is 5.32 Å². The number of nitrogens with zero attached hydrogens (tertiary/aromatic N) is 4. The molecule has 0 aliphatic carbocycles. The van der Waals surface area contributed by atoms with Crippen LogP contribution in [0.4, 0.5) is 0 Å². The Balaban J connectivity index is 1.50. The van der Waals surface area contributed by atoms with Crippen molar-refractivity contribution in [1.29, 1.82) is 0 Å². The van der Waals surface area contributed by atoms with Gasteiger partial charge in [-0.2, -0.15) is 5.10 Å². The Morgan fingerprint density at radius 1 is 1.07 bits per heavy atom. The summed E-state index contributed by atoms with van der Waals surface area (Å²) < 4.78 is 1.77. The molecule has 1 amide bonds. The lowest BCUT2D eigenvalue weighted by Gasteiger charge is -2.10. The van der Waals surface area contributed by atoms with Crippen molar-refractivity contribution in [3.05, 3.63) is 89.6 Å². The first-order chi connectivity index (χ1) is 13.2. The highest BCUT2D eigenvalue weighted by atomic mass is 16.1. The summed E-state index contributed by atoms with van der Waals surface area (Å²) in [5, 5.41) is 8.00. The van der Waals surface area contributed by atoms with Crippen LogP contribution in [0.25, 0.3) is 10.9 Å². The molecule has 0 saturated heterocycles. The van der Waals surface area contributed by atoms with Crippen LogP contribution in [0.2, 0.25) is 0 Å². The molecule has 0 unspecified atom stereocenters. The highest BCUT2D eigenvalue weighted by Gasteiger charge is 2.11. The van der Waals surface area contributed by atoms with E-state index in [4.69, 9.17) is 0 Å². The maximum Gasteiger partial charge on any atom is 0.252 e. The van der Waals surface area contributed by atoms with E-state index in [-0.39, 0.29) is 5.91 Å². The summed E-state index contributed by atoms with van der Waals surface area (Å²) in [5.74, 6) is -0.0987. The molecule has 0 fully saturated rings. The topological polar surface area (TPSA) is 72.7 Å². The molecule has 4 aromatic rings. The largest absolute Gasteiger partial charge is 0.348 e. The lowest BCUT2D eigenvalue weighted by molar-refractivity contribution is 0.0952. The molecule has 6 nitrogen and oxygen atoms in total. The molecule has 1 N–H and O–H groups in total. The molecule has 6 heteroatoms. The van der Waals surface area contributed by atoms with Crippen molar-refractivity contribution in [2.45, 2.75) is 20.0 Å². The van der Waals surface area contributed by atoms with Crippen LogP contribution >= 0.6 is 0 Å². The van der Waals surface area contributed by atoms with Gasteiger partial charge in [0.1, 0.15) is 12.7 Å². The predicted octanol–water partition coefficient (Wildman–Crippen LogP) is 3.11. The quantitative estimate of drug-likeness (QED) is 0.596. The third kappa shape index (κ3) is 3.84. The van der Waals surface area contributed by atoms with Gasteiger partial charge in [-0.15, -0.1) is 0 Å². The van der Waals surface area contributed by atoms with Crippen LogP contribution in [0.15, 0.2) is 67.3 Å². The number of nitrogens with one attached hydrogen (secondary N) is 1. The first-order valence-electron chi connectivity index (χ1n) is 8.74. The van der Waals surface area contributed by atoms with E-state index in [0.717, 1.165) is 27.7 Å². The minimum Gasteiger partial charge on any atom is -0.348 e. The molecular weight excluding hydrogens is 338 g/mol. The standard InChI is InChI=1S/C21H19N5O/c1-15-9-19(18-7-2-3-8-20(18)25-15)21(27)23-11-16-5-4-6-17(10-16)12-26-14-22-13-24-26/h2-10,13-14H,11-12H2,1H3,(H,23,27). The highest BCUT2D eigenvalue weighted by molar-refractivity contribution is 6.06. The van der Waals surface area contributed by atoms with E-state index in [1.54, 1.807) is 11.0 Å². The number of hydrogen-bond acceptors (Lipinski definition) is 4. The number of pyridine rings is 1. The summed E-state index contributed by atoms with van der Waals surface area (Å²) in [6.45, 7) is 3.01. The van der Waals surface area contributed by atoms with E-state index >= 15 is 0 Å². The summed E-state index contributed by atoms with van der Waals surface area (Å²) >= 11 is 0. The minimum absolute atomic E-state index is 0.0987. The highest BCUT2D eigenvalue weighted by Crippen LogP contribution is 2.18. The third-order valence-electron chi connectivity index (χ3n) is 4.34. The second kappa shape index (κ2) is 7.37. The number of rotatable bonds is 5. The Hall–Kier alpha value is -3.54. The number of amides is 1. The van der Waals surface area contributed by atoms with Crippen molar-refractivity contribution in [2.24, 2.45) is 0 Å². The Bertz CT molecular complexity index is 1090. The molecule has 0 atom stereocenters. The van der Waals surface area contributed by atoms with Crippen molar-refractivity contribution in [3.8, 4) is 0 Å². The van der Waals surface area contributed by atoms with Crippen molar-refractivity contribution in [1.82, 2.24) is 25.1 Å². The van der Waals surface area contributed by atoms with Crippen molar-refractivity contribution in [3.63, 3.8) is 0 Å². The lowest BCUT2D eigenvalue weighted by Crippen LogP contribution is -2.23. The number of aryl methyl sites for hydroxylation is 1. The zero-order valence-corrected chi connectivity index (χ0v) is 15.0. The number of hydrogen-bond donors (Lipinski definition) is 1. The first kappa shape index (κ1) is 16.9. The van der Waals surface area contributed by atoms with E-state index in [0.29, 0.717) is 18.7 Å². The Morgan fingerprint density at radius 2 is 1.93 bits per heavy atom. The van der Waals surface area contributed by atoms with Gasteiger partial charge in [-0.05, 0) is 30.2 Å². The molecule has 2 aromatic carbocycles. The zero-order chi connectivity index (χ0) is 18.6. The maximum absolute atomic E-state index is 12.8. The van der Waals surface area contributed by atoms with Gasteiger partial charge in [0, 0.05) is 17.6 Å². The molecule has 4 rings (SSSR count). The van der Waals surface area contributed by atoms with Crippen LogP contribution in [0.5, 0.6) is 0 Å². The predicted molar refractivity (Wildman–Crippen MR) is 103 cm³/mol. The normalized spacial score (nSPS) is 10.9. The molecule has 27 heavy (non-hydrogen) atoms. The minimum atomic E-state index is -0.0987. The molecule has 134 valence electrons. The van der Waals surface area contributed by atoms with Crippen molar-refractivity contribution in [2.75, 3.05) is 0 Å². The van der Waals surface area contributed by atoms with Gasteiger partial charge >= 0.3 is 0 Å². The fourth-order valence-electron chi connectivity index (χ4n) is 3.11. The van der Waals surface area contributed by atoms with Gasteiger partial charge in [-0.1, -0.05) is 42.5 Å². The fraction of sp³-hybridized carbons (Fsp3) is 0.143. The van der Waals surface area contributed by atoms with Crippen LogP contribution in [0, 0.1) is 6.92 Å². The van der Waals surface area contributed by atoms with Crippen LogP contribution in [0.1, 0.15) is 27.2 Å². The molecule has 0 radical (unpaired) electrons. The fourth-order valence-corrected chi connectivity index (χ4v) is 3.11. The van der Waals surface area contributed by atoms with Crippen molar-refractivity contribution >= 4 is 16.8 Å². The maximum atomic E-state index is 12.8. The van der Waals surface area contributed by atoms with Gasteiger partial charge in [0.2, 0.25) is 0 Å². The molecule has 0 aliphatic heterocycles. The average Bonchev–Trinajstić information content (AvgIpc) is 3.18. The summed E-state index contributed by atoms with van der Waals surface area (Å²) in [4.78, 5) is 21.2. The molecular formula is C21H19N5O. The van der Waals surface area contributed by atoms with Gasteiger partial charge in [-0.25, -0.2) is 9.67 Å². The number of para-hydroxylation sites is 1. The summed E-state index contributed by atoms with van der Waals surface area (Å²) in [6.07, 6.45) is 3.20. The van der Waals surface area contributed by atoms with Crippen LogP contribution in [0.3, 0.4) is 0 Å². The number of aromatic nitrogens is 4. The average molecular weight is 357 g/mol. The molecule has 0 spiro atoms. The summed E-state index contributed by atoms with van der Waals surface area (Å²) in [6, 6.07) is 17.6. The van der Waals surface area contributed by atoms with Gasteiger partial charge in [0.15, 0.2) is 0 Å². The number of carbonyl (C=O) groups excluding carboxylic acids is 1. The number of benzene rings is 2. The van der Waals surface area contributed by atoms with Gasteiger partial charge in [0.05, 0.1) is 17.6 Å². The second-order valence-corrected chi connectivity index (χ2v) is 6.42. The van der Waals surface area contributed by atoms with Crippen LogP contribution < -0.4 is 5.32 Å². The summed E-state index contributed by atoms with van der Waals surface area (Å²) in [7, 11) is 0. The van der Waals surface area contributed by atoms with Gasteiger partial charge in [-0.3, -0.25) is 9.78 Å². The molecule has 0 aliphatic rings. The molecule has 0 saturated carbocycles. The van der Waals surface area contributed by atoms with Gasteiger partial charge in [0.25, 0.3) is 5.91 Å². The van der Waals surface area contributed by atoms with E-state index in [2.05, 4.69) is 26.4 Å². The van der Waals surface area contributed by atoms with E-state index < -0.39 is 0 Å². The Morgan fingerprint density at radius 3 is 2.78 bits per heavy atom. The monoisotopic (exact) mass is 357 g/mol. The van der Waals surface area contributed by atoms with E-state index in [9.17, 15) is 4.79 Å². The third-order valence-corrected chi connectivity index (χ3v) is 4.34. The SMILES string of the molecule is Cc1cc(C(=O)NCc2cccc(Cn3cncn3)c2)c2ccccc2n1. The number of fused-ring (bicyclic) bond motifs is 1. The smallest absolute Gasteiger partial charge is 0.252 e. The molecule has 2 heterocycles. The molecule has 2 aromatic heterocycles. The van der Waals surface area contributed by atoms with Crippen molar-refractivity contribution < 1.29 is 4.79 Å². The van der Waals surface area contributed by atoms with Crippen LogP contribution in [-0.4, -0.2) is 25.7 Å². The first-order valence-corrected chi connectivity index (χ1v) is 8.74. The lowest BCUT2D eigenvalue weighted by atomic mass is 10.1.